The molecule has 3 aromatic heterocycles. The lowest BCUT2D eigenvalue weighted by Crippen LogP contribution is -1.90. The zero-order chi connectivity index (χ0) is 28.7. The van der Waals surface area contributed by atoms with E-state index in [1.807, 2.05) is 34.0 Å². The quantitative estimate of drug-likeness (QED) is 0.189. The third kappa shape index (κ3) is 3.86. The molecular formula is C40H26S3. The van der Waals surface area contributed by atoms with Crippen LogP contribution in [-0.2, 0) is 0 Å². The molecule has 0 aliphatic heterocycles. The van der Waals surface area contributed by atoms with Crippen LogP contribution in [0, 0.1) is 13.8 Å². The molecule has 0 bridgehead atoms. The molecule has 0 saturated heterocycles. The summed E-state index contributed by atoms with van der Waals surface area (Å²) in [6.45, 7) is 4.47. The van der Waals surface area contributed by atoms with Crippen molar-refractivity contribution in [2.75, 3.05) is 0 Å². The van der Waals surface area contributed by atoms with E-state index in [0.717, 1.165) is 0 Å². The Balaban J connectivity index is 1.23. The van der Waals surface area contributed by atoms with Gasteiger partial charge in [0.2, 0.25) is 0 Å². The van der Waals surface area contributed by atoms with E-state index in [1.165, 1.54) is 94.3 Å². The largest absolute Gasteiger partial charge is 0.135 e. The molecule has 3 heteroatoms. The predicted octanol–water partition coefficient (Wildman–Crippen LogP) is 13.3. The van der Waals surface area contributed by atoms with Crippen molar-refractivity contribution in [3.63, 3.8) is 0 Å². The maximum absolute atomic E-state index is 2.44. The predicted molar refractivity (Wildman–Crippen MR) is 193 cm³/mol. The molecule has 0 unspecified atom stereocenters. The average Bonchev–Trinajstić information content (AvgIpc) is 3.70. The van der Waals surface area contributed by atoms with E-state index in [4.69, 9.17) is 0 Å². The minimum absolute atomic E-state index is 1.28. The van der Waals surface area contributed by atoms with Gasteiger partial charge in [-0.25, -0.2) is 0 Å². The summed E-state index contributed by atoms with van der Waals surface area (Å²) < 4.78 is 6.85. The van der Waals surface area contributed by atoms with E-state index in [9.17, 15) is 0 Å². The fraction of sp³-hybridized carbons (Fsp3) is 0.0500. The zero-order valence-electron chi connectivity index (χ0n) is 23.8. The van der Waals surface area contributed by atoms with Crippen LogP contribution in [0.3, 0.4) is 0 Å². The van der Waals surface area contributed by atoms with Gasteiger partial charge in [0, 0.05) is 45.7 Å². The topological polar surface area (TPSA) is 0 Å². The number of benzene rings is 6. The molecule has 6 aromatic carbocycles. The van der Waals surface area contributed by atoms with Crippen LogP contribution in [-0.4, -0.2) is 0 Å². The minimum atomic E-state index is 1.28. The Morgan fingerprint density at radius 2 is 1.00 bits per heavy atom. The third-order valence-electron chi connectivity index (χ3n) is 8.90. The van der Waals surface area contributed by atoms with Gasteiger partial charge < -0.3 is 0 Å². The van der Waals surface area contributed by atoms with Crippen molar-refractivity contribution < 1.29 is 0 Å². The van der Waals surface area contributed by atoms with E-state index in [2.05, 4.69) is 135 Å². The molecule has 204 valence electrons. The number of fused-ring (bicyclic) bond motifs is 8. The van der Waals surface area contributed by atoms with Crippen LogP contribution in [0.25, 0.3) is 83.1 Å². The Morgan fingerprint density at radius 3 is 1.79 bits per heavy atom. The number of thiophene rings is 3. The molecule has 0 nitrogen and oxygen atoms in total. The van der Waals surface area contributed by atoms with Crippen molar-refractivity contribution in [3.05, 3.63) is 132 Å². The lowest BCUT2D eigenvalue weighted by Gasteiger charge is -2.14. The summed E-state index contributed by atoms with van der Waals surface area (Å²) in [5.41, 5.74) is 10.5. The van der Waals surface area contributed by atoms with Crippen LogP contribution >= 0.6 is 34.0 Å². The van der Waals surface area contributed by atoms with Crippen LogP contribution in [0.5, 0.6) is 0 Å². The Hall–Kier alpha value is -4.28. The third-order valence-corrected chi connectivity index (χ3v) is 12.6. The Morgan fingerprint density at radius 1 is 0.419 bits per heavy atom. The Kier molecular flexibility index (Phi) is 5.65. The second-order valence-electron chi connectivity index (χ2n) is 11.4. The number of aryl methyl sites for hydroxylation is 1. The maximum Gasteiger partial charge on any atom is 0.0890 e. The van der Waals surface area contributed by atoms with E-state index in [0.29, 0.717) is 0 Å². The van der Waals surface area contributed by atoms with Crippen molar-refractivity contribution in [3.8, 4) is 33.4 Å². The van der Waals surface area contributed by atoms with Gasteiger partial charge in [0.15, 0.2) is 0 Å². The fourth-order valence-corrected chi connectivity index (χ4v) is 10.5. The van der Waals surface area contributed by atoms with E-state index >= 15 is 0 Å². The van der Waals surface area contributed by atoms with E-state index in [1.54, 1.807) is 0 Å². The molecule has 43 heavy (non-hydrogen) atoms. The van der Waals surface area contributed by atoms with Gasteiger partial charge >= 0.3 is 0 Å². The van der Waals surface area contributed by atoms with Crippen molar-refractivity contribution in [1.29, 1.82) is 0 Å². The minimum Gasteiger partial charge on any atom is -0.135 e. The molecule has 0 amide bonds. The molecular weight excluding hydrogens is 577 g/mol. The summed E-state index contributed by atoms with van der Waals surface area (Å²) >= 11 is 5.76. The summed E-state index contributed by atoms with van der Waals surface area (Å²) in [6, 6.07) is 45.1. The summed E-state index contributed by atoms with van der Waals surface area (Å²) in [7, 11) is 0. The van der Waals surface area contributed by atoms with Crippen LogP contribution in [0.2, 0.25) is 0 Å². The second kappa shape index (κ2) is 9.62. The van der Waals surface area contributed by atoms with Gasteiger partial charge in [0.25, 0.3) is 0 Å². The highest BCUT2D eigenvalue weighted by atomic mass is 32.2. The van der Waals surface area contributed by atoms with E-state index in [-0.39, 0.29) is 0 Å². The first-order chi connectivity index (χ1) is 21.1. The SMILES string of the molecule is Cc1ccccc1-c1cccc(-c2ccc3sc4sc5ccc(-c6cccc7c6sc6ccccc67)cc5c4c3c2)c1C. The Bertz CT molecular complexity index is 2540. The molecule has 0 aliphatic carbocycles. The zero-order valence-corrected chi connectivity index (χ0v) is 26.2. The Labute approximate surface area is 262 Å². The first-order valence-corrected chi connectivity index (χ1v) is 17.0. The normalized spacial score (nSPS) is 12.0. The van der Waals surface area contributed by atoms with Crippen molar-refractivity contribution in [1.82, 2.24) is 0 Å². The average molecular weight is 603 g/mol. The highest BCUT2D eigenvalue weighted by Gasteiger charge is 2.17. The molecule has 0 radical (unpaired) electrons. The molecule has 9 rings (SSSR count). The van der Waals surface area contributed by atoms with Crippen LogP contribution in [0.1, 0.15) is 11.1 Å². The van der Waals surface area contributed by atoms with Gasteiger partial charge in [-0.05, 0) is 88.7 Å². The van der Waals surface area contributed by atoms with Crippen LogP contribution in [0.15, 0.2) is 121 Å². The first kappa shape index (κ1) is 25.2. The smallest absolute Gasteiger partial charge is 0.0890 e. The molecule has 0 saturated carbocycles. The first-order valence-electron chi connectivity index (χ1n) is 14.6. The summed E-state index contributed by atoms with van der Waals surface area (Å²) in [6.07, 6.45) is 0. The maximum atomic E-state index is 2.44. The van der Waals surface area contributed by atoms with Crippen molar-refractivity contribution in [2.24, 2.45) is 0 Å². The van der Waals surface area contributed by atoms with Gasteiger partial charge in [0.1, 0.15) is 0 Å². The highest BCUT2D eigenvalue weighted by molar-refractivity contribution is 7.44. The van der Waals surface area contributed by atoms with Crippen molar-refractivity contribution in [2.45, 2.75) is 13.8 Å². The number of rotatable bonds is 3. The van der Waals surface area contributed by atoms with Gasteiger partial charge in [0.05, 0.1) is 4.01 Å². The molecule has 0 spiro atoms. The van der Waals surface area contributed by atoms with E-state index < -0.39 is 0 Å². The van der Waals surface area contributed by atoms with Gasteiger partial charge in [-0.15, -0.1) is 34.0 Å². The lowest BCUT2D eigenvalue weighted by atomic mass is 9.90. The standard InChI is InChI=1S/C40H26S3/c1-23-9-3-4-10-27(23)29-13-7-12-28(24(29)2)25-17-19-36-33(21-25)38-34-22-26(18-20-37(34)43-40(38)42-36)30-14-8-15-32-31-11-5-6-16-35(31)41-39(30)32/h3-22H,1-2H3. The van der Waals surface area contributed by atoms with Gasteiger partial charge in [-0.3, -0.25) is 0 Å². The number of hydrogen-bond donors (Lipinski definition) is 0. The highest BCUT2D eigenvalue weighted by Crippen LogP contribution is 2.47. The molecule has 0 atom stereocenters. The van der Waals surface area contributed by atoms with Crippen LogP contribution < -0.4 is 0 Å². The monoisotopic (exact) mass is 602 g/mol. The molecule has 0 N–H and O–H groups in total. The fourth-order valence-electron chi connectivity index (χ4n) is 6.74. The van der Waals surface area contributed by atoms with Gasteiger partial charge in [-0.2, -0.15) is 0 Å². The summed E-state index contributed by atoms with van der Waals surface area (Å²) in [5, 5.41) is 6.83. The lowest BCUT2D eigenvalue weighted by molar-refractivity contribution is 1.41. The molecule has 0 aliphatic rings. The summed E-state index contributed by atoms with van der Waals surface area (Å²) in [4.78, 5) is 0. The van der Waals surface area contributed by atoms with Gasteiger partial charge in [-0.1, -0.05) is 91.0 Å². The van der Waals surface area contributed by atoms with Crippen LogP contribution in [0.4, 0.5) is 0 Å². The molecule has 0 fully saturated rings. The van der Waals surface area contributed by atoms with Crippen molar-refractivity contribution >= 4 is 83.8 Å². The second-order valence-corrected chi connectivity index (χ2v) is 14.8. The molecule has 3 heterocycles. The summed E-state index contributed by atoms with van der Waals surface area (Å²) in [5.74, 6) is 0. The number of hydrogen-bond acceptors (Lipinski definition) is 3. The molecule has 9 aromatic rings.